The minimum atomic E-state index is -4.50. The van der Waals surface area contributed by atoms with Crippen molar-refractivity contribution in [3.05, 3.63) is 114 Å². The molecule has 6 rings (SSSR count). The van der Waals surface area contributed by atoms with E-state index < -0.39 is 24.0 Å². The van der Waals surface area contributed by atoms with Crippen LogP contribution >= 0.6 is 0 Å². The summed E-state index contributed by atoms with van der Waals surface area (Å²) < 4.78 is 44.3. The smallest absolute Gasteiger partial charge is 0.382 e. The quantitative estimate of drug-likeness (QED) is 0.148. The second kappa shape index (κ2) is 17.6. The highest BCUT2D eigenvalue weighted by Gasteiger charge is 2.49. The predicted molar refractivity (Wildman–Crippen MR) is 194 cm³/mol. The van der Waals surface area contributed by atoms with E-state index in [-0.39, 0.29) is 11.9 Å². The van der Waals surface area contributed by atoms with E-state index in [9.17, 15) is 22.8 Å². The first-order valence-electron chi connectivity index (χ1n) is 17.8. The Labute approximate surface area is 298 Å². The number of alkyl halides is 3. The van der Waals surface area contributed by atoms with Gasteiger partial charge in [0.15, 0.2) is 0 Å². The fourth-order valence-electron chi connectivity index (χ4n) is 7.19. The van der Waals surface area contributed by atoms with Crippen molar-refractivity contribution < 1.29 is 27.5 Å². The number of nitrogens with zero attached hydrogens (tertiary/aromatic N) is 2. The molecule has 7 nitrogen and oxygen atoms in total. The summed E-state index contributed by atoms with van der Waals surface area (Å²) in [4.78, 5) is 33.8. The van der Waals surface area contributed by atoms with Crippen molar-refractivity contribution in [2.75, 3.05) is 39.4 Å². The number of likely N-dealkylation sites (tertiary alicyclic amines) is 1. The van der Waals surface area contributed by atoms with E-state index in [1.165, 1.54) is 0 Å². The number of fused-ring (bicyclic) bond motifs is 3. The van der Waals surface area contributed by atoms with Gasteiger partial charge >= 0.3 is 6.18 Å². The third-order valence-electron chi connectivity index (χ3n) is 9.61. The average Bonchev–Trinajstić information content (AvgIpc) is 3.44. The van der Waals surface area contributed by atoms with E-state index >= 15 is 0 Å². The number of amides is 2. The molecule has 2 amide bonds. The number of ether oxygens (including phenoxy) is 1. The molecule has 51 heavy (non-hydrogen) atoms. The Kier molecular flexibility index (Phi) is 13.0. The molecule has 1 aromatic heterocycles. The lowest BCUT2D eigenvalue weighted by atomic mass is 9.73. The second-order valence-corrected chi connectivity index (χ2v) is 12.9. The van der Waals surface area contributed by atoms with Crippen molar-refractivity contribution in [2.45, 2.75) is 63.6 Å². The molecule has 0 atom stereocenters. The zero-order valence-corrected chi connectivity index (χ0v) is 29.3. The SMILES string of the molecule is CCOCC.O=C(NC1CCN(CCCCC2(C(=O)NCC(F)(F)F)c3ccccc3-c3ccccc32)CC1)c1cccnc1-c1ccccc1. The summed E-state index contributed by atoms with van der Waals surface area (Å²) >= 11 is 0. The number of pyridine rings is 1. The zero-order valence-electron chi connectivity index (χ0n) is 29.3. The maximum atomic E-state index is 13.7. The summed E-state index contributed by atoms with van der Waals surface area (Å²) in [5, 5.41) is 5.41. The summed E-state index contributed by atoms with van der Waals surface area (Å²) in [6.45, 7) is 6.77. The Bertz CT molecular complexity index is 1690. The minimum Gasteiger partial charge on any atom is -0.382 e. The second-order valence-electron chi connectivity index (χ2n) is 12.9. The van der Waals surface area contributed by atoms with Gasteiger partial charge in [0.2, 0.25) is 5.91 Å². The van der Waals surface area contributed by atoms with E-state index in [0.717, 1.165) is 79.9 Å². The molecule has 10 heteroatoms. The van der Waals surface area contributed by atoms with Crippen LogP contribution < -0.4 is 10.6 Å². The number of hydrogen-bond acceptors (Lipinski definition) is 5. The van der Waals surface area contributed by atoms with Crippen molar-refractivity contribution in [1.29, 1.82) is 0 Å². The monoisotopic (exact) mass is 700 g/mol. The molecule has 0 spiro atoms. The van der Waals surface area contributed by atoms with Crippen LogP contribution in [-0.2, 0) is 14.9 Å². The van der Waals surface area contributed by atoms with E-state index in [4.69, 9.17) is 4.74 Å². The van der Waals surface area contributed by atoms with Gasteiger partial charge in [-0.15, -0.1) is 0 Å². The van der Waals surface area contributed by atoms with Gasteiger partial charge in [-0.05, 0) is 80.5 Å². The number of nitrogens with one attached hydrogen (secondary N) is 2. The molecule has 270 valence electrons. The number of rotatable bonds is 12. The molecule has 4 aromatic rings. The van der Waals surface area contributed by atoms with Gasteiger partial charge in [0.1, 0.15) is 12.0 Å². The molecule has 0 bridgehead atoms. The summed E-state index contributed by atoms with van der Waals surface area (Å²) in [7, 11) is 0. The topological polar surface area (TPSA) is 83.6 Å². The number of carbonyl (C=O) groups excluding carboxylic acids is 2. The number of piperidine rings is 1. The van der Waals surface area contributed by atoms with Crippen LogP contribution in [0.1, 0.15) is 67.4 Å². The van der Waals surface area contributed by atoms with Crippen LogP contribution in [0.5, 0.6) is 0 Å². The highest BCUT2D eigenvalue weighted by molar-refractivity contribution is 6.01. The summed E-state index contributed by atoms with van der Waals surface area (Å²) in [6, 6.07) is 28.4. The van der Waals surface area contributed by atoms with Crippen molar-refractivity contribution >= 4 is 11.8 Å². The zero-order chi connectivity index (χ0) is 36.3. The molecular weight excluding hydrogens is 653 g/mol. The molecule has 0 saturated carbocycles. The Morgan fingerprint density at radius 3 is 2.04 bits per heavy atom. The Morgan fingerprint density at radius 2 is 1.45 bits per heavy atom. The van der Waals surface area contributed by atoms with Crippen LogP contribution in [-0.4, -0.2) is 73.3 Å². The molecule has 1 fully saturated rings. The van der Waals surface area contributed by atoms with Gasteiger partial charge in [0.05, 0.1) is 11.3 Å². The largest absolute Gasteiger partial charge is 0.405 e. The Hall–Kier alpha value is -4.54. The lowest BCUT2D eigenvalue weighted by Crippen LogP contribution is -2.47. The maximum Gasteiger partial charge on any atom is 0.405 e. The fraction of sp³-hybridized carbons (Fsp3) is 0.390. The molecule has 1 aliphatic heterocycles. The standard InChI is InChI=1S/C37H37F3N4O2.C4H10O/c38-37(39,40)25-42-35(46)36(31-16-6-4-13-28(31)29-14-5-7-17-32(29)36)20-8-9-22-44-23-18-27(19-24-44)43-34(45)30-15-10-21-41-33(30)26-11-2-1-3-12-26;1-3-5-4-2/h1-7,10-17,21,27H,8-9,18-20,22-25H2,(H,42,46)(H,43,45);3-4H2,1-2H3. The number of carbonyl (C=O) groups is 2. The lowest BCUT2D eigenvalue weighted by molar-refractivity contribution is -0.141. The van der Waals surface area contributed by atoms with Gasteiger partial charge in [0.25, 0.3) is 5.91 Å². The first-order valence-corrected chi connectivity index (χ1v) is 17.8. The van der Waals surface area contributed by atoms with Crippen molar-refractivity contribution in [3.63, 3.8) is 0 Å². The van der Waals surface area contributed by atoms with E-state index in [2.05, 4.69) is 20.5 Å². The van der Waals surface area contributed by atoms with E-state index in [1.807, 2.05) is 92.7 Å². The molecule has 0 radical (unpaired) electrons. The maximum absolute atomic E-state index is 13.7. The van der Waals surface area contributed by atoms with Crippen molar-refractivity contribution in [3.8, 4) is 22.4 Å². The van der Waals surface area contributed by atoms with Gasteiger partial charge in [-0.2, -0.15) is 13.2 Å². The van der Waals surface area contributed by atoms with Gasteiger partial charge in [-0.1, -0.05) is 85.3 Å². The fourth-order valence-corrected chi connectivity index (χ4v) is 7.19. The highest BCUT2D eigenvalue weighted by atomic mass is 19.4. The predicted octanol–water partition coefficient (Wildman–Crippen LogP) is 7.80. The molecule has 0 unspecified atom stereocenters. The summed E-state index contributed by atoms with van der Waals surface area (Å²) in [6.07, 6.45) is 0.704. The molecule has 1 saturated heterocycles. The van der Waals surface area contributed by atoms with Crippen LogP contribution in [0.25, 0.3) is 22.4 Å². The lowest BCUT2D eigenvalue weighted by Gasteiger charge is -2.33. The molecule has 1 aliphatic carbocycles. The third-order valence-corrected chi connectivity index (χ3v) is 9.61. The van der Waals surface area contributed by atoms with Crippen LogP contribution in [0.15, 0.2) is 97.2 Å². The molecule has 2 heterocycles. The number of aromatic nitrogens is 1. The van der Waals surface area contributed by atoms with Crippen molar-refractivity contribution in [2.24, 2.45) is 0 Å². The highest BCUT2D eigenvalue weighted by Crippen LogP contribution is 2.51. The van der Waals surface area contributed by atoms with Crippen molar-refractivity contribution in [1.82, 2.24) is 20.5 Å². The molecular formula is C41H47F3N4O3. The first kappa shape index (κ1) is 37.7. The van der Waals surface area contributed by atoms with Gasteiger partial charge in [0, 0.05) is 44.1 Å². The Balaban J connectivity index is 0.000000943. The van der Waals surface area contributed by atoms with Crippen LogP contribution in [0.4, 0.5) is 13.2 Å². The van der Waals surface area contributed by atoms with Crippen LogP contribution in [0, 0.1) is 0 Å². The summed E-state index contributed by atoms with van der Waals surface area (Å²) in [5.74, 6) is -0.737. The number of hydrogen-bond donors (Lipinski definition) is 2. The normalized spacial score (nSPS) is 15.2. The molecule has 2 aliphatic rings. The minimum absolute atomic E-state index is 0.0552. The van der Waals surface area contributed by atoms with E-state index in [1.54, 1.807) is 18.3 Å². The number of halogens is 3. The average molecular weight is 701 g/mol. The third kappa shape index (κ3) is 9.23. The first-order chi connectivity index (χ1) is 24.7. The number of unbranched alkanes of at least 4 members (excludes halogenated alkanes) is 1. The number of benzene rings is 3. The molecule has 3 aromatic carbocycles. The van der Waals surface area contributed by atoms with Gasteiger partial charge in [-0.25, -0.2) is 0 Å². The molecule has 2 N–H and O–H groups in total. The Morgan fingerprint density at radius 1 is 0.843 bits per heavy atom. The van der Waals surface area contributed by atoms with Crippen LogP contribution in [0.3, 0.4) is 0 Å². The van der Waals surface area contributed by atoms with E-state index in [0.29, 0.717) is 24.1 Å². The van der Waals surface area contributed by atoms with Gasteiger partial charge in [-0.3, -0.25) is 14.6 Å². The van der Waals surface area contributed by atoms with Crippen LogP contribution in [0.2, 0.25) is 0 Å². The van der Waals surface area contributed by atoms with Gasteiger partial charge < -0.3 is 20.3 Å². The summed E-state index contributed by atoms with van der Waals surface area (Å²) in [5.41, 5.74) is 4.24.